The quantitative estimate of drug-likeness (QED) is 0.177. The zero-order valence-electron chi connectivity index (χ0n) is 27.1. The molecule has 3 aromatic carbocycles. The summed E-state index contributed by atoms with van der Waals surface area (Å²) in [4.78, 5) is 51.0. The van der Waals surface area contributed by atoms with E-state index < -0.39 is 54.7 Å². The average molecular weight is 709 g/mol. The van der Waals surface area contributed by atoms with Crippen molar-refractivity contribution in [3.8, 4) is 0 Å². The molecule has 1 aliphatic carbocycles. The monoisotopic (exact) mass is 708 g/mol. The third kappa shape index (κ3) is 9.48. The molecule has 3 atom stereocenters. The molecule has 11 nitrogen and oxygen atoms in total. The van der Waals surface area contributed by atoms with Crippen molar-refractivity contribution in [3.63, 3.8) is 0 Å². The number of alkyl halides is 3. The van der Waals surface area contributed by atoms with E-state index in [1.807, 2.05) is 60.7 Å². The Morgan fingerprint density at radius 1 is 0.882 bits per heavy atom. The fourth-order valence-corrected chi connectivity index (χ4v) is 5.67. The molecule has 1 aliphatic heterocycles. The smallest absolute Gasteiger partial charge is 0.422 e. The Balaban J connectivity index is 1.42. The van der Waals surface area contributed by atoms with E-state index in [9.17, 15) is 32.3 Å². The number of hydrogen-bond donors (Lipinski definition) is 3. The zero-order valence-corrected chi connectivity index (χ0v) is 27.1. The molecule has 0 saturated carbocycles. The van der Waals surface area contributed by atoms with Crippen molar-refractivity contribution in [2.45, 2.75) is 43.1 Å². The van der Waals surface area contributed by atoms with Gasteiger partial charge in [-0.15, -0.1) is 0 Å². The molecular weight excluding hydrogens is 673 g/mol. The van der Waals surface area contributed by atoms with Crippen molar-refractivity contribution in [2.75, 3.05) is 26.3 Å². The summed E-state index contributed by atoms with van der Waals surface area (Å²) in [6.45, 7) is -1.91. The van der Waals surface area contributed by atoms with Crippen LogP contribution in [-0.2, 0) is 39.1 Å². The highest BCUT2D eigenvalue weighted by Crippen LogP contribution is 2.47. The van der Waals surface area contributed by atoms with Crippen LogP contribution < -0.4 is 10.6 Å². The highest BCUT2D eigenvalue weighted by molar-refractivity contribution is 5.97. The summed E-state index contributed by atoms with van der Waals surface area (Å²) in [5.74, 6) is -4.45. The molecule has 3 N–H and O–H groups in total. The Morgan fingerprint density at radius 3 is 2.18 bits per heavy atom. The molecule has 0 bridgehead atoms. The lowest BCUT2D eigenvalue weighted by molar-refractivity contribution is -0.182. The van der Waals surface area contributed by atoms with Crippen LogP contribution in [0.1, 0.15) is 39.9 Å². The van der Waals surface area contributed by atoms with Gasteiger partial charge < -0.3 is 34.7 Å². The highest BCUT2D eigenvalue weighted by Gasteiger charge is 2.55. The second kappa shape index (κ2) is 16.6. The Labute approximate surface area is 291 Å². The minimum atomic E-state index is -4.70. The molecule has 1 heterocycles. The Kier molecular flexibility index (Phi) is 12.0. The van der Waals surface area contributed by atoms with Crippen LogP contribution in [0.25, 0.3) is 6.08 Å². The number of fused-ring (bicyclic) bond motifs is 1. The van der Waals surface area contributed by atoms with E-state index >= 15 is 0 Å². The topological polar surface area (TPSA) is 149 Å². The molecule has 2 aliphatic rings. The third-order valence-corrected chi connectivity index (χ3v) is 7.97. The number of nitrogens with one attached hydrogen (secondary N) is 2. The number of benzene rings is 3. The van der Waals surface area contributed by atoms with Crippen LogP contribution in [0.3, 0.4) is 0 Å². The SMILES string of the molecule is O=C(CCNC(=O)C1=CC2OC(c3ccccc3)(c3ccccc3)OC2C(OC(=O)c2ccccc2C=CC(=O)OCC(F)(F)F)C1)NCCO. The summed E-state index contributed by atoms with van der Waals surface area (Å²) in [6, 6.07) is 24.2. The van der Waals surface area contributed by atoms with Crippen molar-refractivity contribution in [3.05, 3.63) is 125 Å². The average Bonchev–Trinajstić information content (AvgIpc) is 3.54. The van der Waals surface area contributed by atoms with Gasteiger partial charge in [-0.2, -0.15) is 13.2 Å². The number of aliphatic hydroxyl groups is 1. The van der Waals surface area contributed by atoms with E-state index in [2.05, 4.69) is 15.4 Å². The van der Waals surface area contributed by atoms with Gasteiger partial charge in [-0.1, -0.05) is 78.9 Å². The molecule has 0 radical (unpaired) electrons. The fourth-order valence-electron chi connectivity index (χ4n) is 5.67. The number of carbonyl (C=O) groups excluding carboxylic acids is 4. The molecule has 1 fully saturated rings. The van der Waals surface area contributed by atoms with E-state index in [1.165, 1.54) is 12.1 Å². The van der Waals surface area contributed by atoms with E-state index in [-0.39, 0.29) is 55.1 Å². The predicted octanol–water partition coefficient (Wildman–Crippen LogP) is 3.96. The van der Waals surface area contributed by atoms with Gasteiger partial charge in [-0.25, -0.2) is 9.59 Å². The van der Waals surface area contributed by atoms with E-state index in [4.69, 9.17) is 19.3 Å². The number of ether oxygens (including phenoxy) is 4. The van der Waals surface area contributed by atoms with Crippen molar-refractivity contribution in [1.29, 1.82) is 0 Å². The van der Waals surface area contributed by atoms with E-state index in [0.717, 1.165) is 12.2 Å². The molecule has 5 rings (SSSR count). The summed E-state index contributed by atoms with van der Waals surface area (Å²) in [7, 11) is 0. The van der Waals surface area contributed by atoms with Crippen molar-refractivity contribution < 1.29 is 56.4 Å². The standard InChI is InChI=1S/C37H35F3N2O9/c38-36(39,40)23-48-32(45)16-15-24-9-7-8-14-28(24)35(47)49-29-21-25(34(46)42-18-17-31(44)41-19-20-43)22-30-33(29)51-37(50-30,26-10-3-1-4-11-26)27-12-5-2-6-13-27/h1-16,22,29-30,33,43H,17-21,23H2,(H,41,44)(H,42,46). The molecule has 3 aromatic rings. The number of carbonyl (C=O) groups is 4. The molecule has 268 valence electrons. The van der Waals surface area contributed by atoms with Gasteiger partial charge in [0.2, 0.25) is 17.6 Å². The van der Waals surface area contributed by atoms with Crippen LogP contribution in [0.5, 0.6) is 0 Å². The van der Waals surface area contributed by atoms with Crippen molar-refractivity contribution in [2.24, 2.45) is 0 Å². The summed E-state index contributed by atoms with van der Waals surface area (Å²) < 4.78 is 61.0. The lowest BCUT2D eigenvalue weighted by Gasteiger charge is -2.31. The lowest BCUT2D eigenvalue weighted by Crippen LogP contribution is -2.44. The van der Waals surface area contributed by atoms with Gasteiger partial charge in [0, 0.05) is 48.7 Å². The number of hydrogen-bond acceptors (Lipinski definition) is 9. The van der Waals surface area contributed by atoms with Crippen LogP contribution in [0.15, 0.2) is 103 Å². The Bertz CT molecular complexity index is 1720. The van der Waals surface area contributed by atoms with Gasteiger partial charge >= 0.3 is 18.1 Å². The van der Waals surface area contributed by atoms with E-state index in [1.54, 1.807) is 18.2 Å². The van der Waals surface area contributed by atoms with Gasteiger partial charge in [0.15, 0.2) is 6.61 Å². The first-order valence-electron chi connectivity index (χ1n) is 16.0. The Hall–Kier alpha value is -5.31. The molecule has 0 aromatic heterocycles. The van der Waals surface area contributed by atoms with Crippen molar-refractivity contribution >= 4 is 29.8 Å². The van der Waals surface area contributed by atoms with Crippen LogP contribution >= 0.6 is 0 Å². The third-order valence-electron chi connectivity index (χ3n) is 7.97. The fraction of sp³-hybridized carbons (Fsp3) is 0.297. The van der Waals surface area contributed by atoms with Gasteiger partial charge in [0.25, 0.3) is 0 Å². The molecule has 2 amide bonds. The second-order valence-electron chi connectivity index (χ2n) is 11.6. The highest BCUT2D eigenvalue weighted by atomic mass is 19.4. The first-order valence-corrected chi connectivity index (χ1v) is 16.0. The molecular formula is C37H35F3N2O9. The molecule has 3 unspecified atom stereocenters. The first-order chi connectivity index (χ1) is 24.5. The summed E-state index contributed by atoms with van der Waals surface area (Å²) in [5, 5.41) is 14.1. The molecule has 14 heteroatoms. The van der Waals surface area contributed by atoms with Crippen LogP contribution in [0.4, 0.5) is 13.2 Å². The van der Waals surface area contributed by atoms with Gasteiger partial charge in [0.1, 0.15) is 18.3 Å². The minimum Gasteiger partial charge on any atom is -0.456 e. The van der Waals surface area contributed by atoms with Crippen molar-refractivity contribution in [1.82, 2.24) is 10.6 Å². The minimum absolute atomic E-state index is 0.00751. The van der Waals surface area contributed by atoms with Crippen LogP contribution in [0.2, 0.25) is 0 Å². The summed E-state index contributed by atoms with van der Waals surface area (Å²) in [5.41, 5.74) is 1.66. The van der Waals surface area contributed by atoms with Gasteiger partial charge in [0.05, 0.1) is 12.2 Å². The number of amides is 2. The number of rotatable bonds is 13. The number of esters is 2. The largest absolute Gasteiger partial charge is 0.456 e. The Morgan fingerprint density at radius 2 is 1.53 bits per heavy atom. The first kappa shape index (κ1) is 37.0. The summed E-state index contributed by atoms with van der Waals surface area (Å²) >= 11 is 0. The lowest BCUT2D eigenvalue weighted by atomic mass is 9.91. The number of halogens is 3. The predicted molar refractivity (Wildman–Crippen MR) is 176 cm³/mol. The summed E-state index contributed by atoms with van der Waals surface area (Å²) in [6.07, 6.45) is -4.20. The van der Waals surface area contributed by atoms with E-state index in [0.29, 0.717) is 11.1 Å². The zero-order chi connectivity index (χ0) is 36.4. The molecule has 0 spiro atoms. The number of aliphatic hydroxyl groups excluding tert-OH is 1. The maximum Gasteiger partial charge on any atom is 0.422 e. The van der Waals surface area contributed by atoms with Crippen LogP contribution in [-0.4, -0.2) is 79.7 Å². The van der Waals surface area contributed by atoms with Crippen LogP contribution in [0, 0.1) is 0 Å². The maximum atomic E-state index is 13.7. The molecule has 1 saturated heterocycles. The van der Waals surface area contributed by atoms with Gasteiger partial charge in [-0.3, -0.25) is 9.59 Å². The normalized spacial score (nSPS) is 19.5. The second-order valence-corrected chi connectivity index (χ2v) is 11.6. The maximum absolute atomic E-state index is 13.7. The molecule has 51 heavy (non-hydrogen) atoms. The van der Waals surface area contributed by atoms with Gasteiger partial charge in [-0.05, 0) is 23.8 Å².